The van der Waals surface area contributed by atoms with Crippen molar-refractivity contribution >= 4 is 10.2 Å². The van der Waals surface area contributed by atoms with Crippen LogP contribution in [0, 0.1) is 0 Å². The molecule has 0 saturated carbocycles. The quantitative estimate of drug-likeness (QED) is 0.772. The highest BCUT2D eigenvalue weighted by Gasteiger charge is 2.30. The van der Waals surface area contributed by atoms with Gasteiger partial charge in [0.2, 0.25) is 0 Å². The lowest BCUT2D eigenvalue weighted by molar-refractivity contribution is 0.286. The number of piperidine rings is 1. The van der Waals surface area contributed by atoms with Gasteiger partial charge in [-0.3, -0.25) is 0 Å². The Kier molecular flexibility index (Phi) is 6.73. The van der Waals surface area contributed by atoms with Crippen molar-refractivity contribution in [2.24, 2.45) is 0 Å². The van der Waals surface area contributed by atoms with Gasteiger partial charge in [0.1, 0.15) is 0 Å². The molecule has 0 amide bonds. The summed E-state index contributed by atoms with van der Waals surface area (Å²) in [4.78, 5) is 0. The van der Waals surface area contributed by atoms with Crippen molar-refractivity contribution in [3.05, 3.63) is 0 Å². The summed E-state index contributed by atoms with van der Waals surface area (Å²) in [6.07, 6.45) is 4.31. The van der Waals surface area contributed by atoms with E-state index in [0.29, 0.717) is 19.1 Å². The summed E-state index contributed by atoms with van der Waals surface area (Å²) < 4.78 is 28.2. The SMILES string of the molecule is CCCN(CC1CCCCN1)S(=O)(=O)N(C)C(C)C. The summed E-state index contributed by atoms with van der Waals surface area (Å²) in [6, 6.07) is 0.291. The van der Waals surface area contributed by atoms with Crippen molar-refractivity contribution in [3.63, 3.8) is 0 Å². The van der Waals surface area contributed by atoms with Gasteiger partial charge in [-0.15, -0.1) is 0 Å². The Labute approximate surface area is 118 Å². The molecule has 5 nitrogen and oxygen atoms in total. The van der Waals surface area contributed by atoms with Gasteiger partial charge in [-0.05, 0) is 39.7 Å². The summed E-state index contributed by atoms with van der Waals surface area (Å²) >= 11 is 0. The van der Waals surface area contributed by atoms with Gasteiger partial charge < -0.3 is 5.32 Å². The molecule has 0 aromatic heterocycles. The maximum Gasteiger partial charge on any atom is 0.282 e. The van der Waals surface area contributed by atoms with Gasteiger partial charge in [0.15, 0.2) is 0 Å². The normalized spacial score (nSPS) is 21.5. The van der Waals surface area contributed by atoms with E-state index in [-0.39, 0.29) is 6.04 Å². The van der Waals surface area contributed by atoms with Crippen LogP contribution in [0.1, 0.15) is 46.5 Å². The van der Waals surface area contributed by atoms with Crippen LogP contribution in [0.4, 0.5) is 0 Å². The van der Waals surface area contributed by atoms with Crippen molar-refractivity contribution in [3.8, 4) is 0 Å². The van der Waals surface area contributed by atoms with Crippen molar-refractivity contribution in [1.29, 1.82) is 0 Å². The predicted molar refractivity (Wildman–Crippen MR) is 79.3 cm³/mol. The Bertz CT molecular complexity index is 351. The van der Waals surface area contributed by atoms with E-state index in [1.807, 2.05) is 20.8 Å². The zero-order valence-corrected chi connectivity index (χ0v) is 13.5. The summed E-state index contributed by atoms with van der Waals surface area (Å²) in [5, 5.41) is 3.42. The summed E-state index contributed by atoms with van der Waals surface area (Å²) in [6.45, 7) is 8.02. The maximum absolute atomic E-state index is 12.6. The highest BCUT2D eigenvalue weighted by atomic mass is 32.2. The van der Waals surface area contributed by atoms with Gasteiger partial charge in [0, 0.05) is 32.2 Å². The second kappa shape index (κ2) is 7.57. The topological polar surface area (TPSA) is 52.7 Å². The molecule has 0 bridgehead atoms. The number of nitrogens with zero attached hydrogens (tertiary/aromatic N) is 2. The average Bonchev–Trinajstić information content (AvgIpc) is 2.38. The Morgan fingerprint density at radius 3 is 2.47 bits per heavy atom. The minimum absolute atomic E-state index is 0.0105. The highest BCUT2D eigenvalue weighted by molar-refractivity contribution is 7.86. The molecule has 0 spiro atoms. The lowest BCUT2D eigenvalue weighted by Gasteiger charge is -2.33. The molecule has 1 unspecified atom stereocenters. The fourth-order valence-electron chi connectivity index (χ4n) is 2.32. The first-order chi connectivity index (χ1) is 8.89. The van der Waals surface area contributed by atoms with Crippen LogP contribution >= 0.6 is 0 Å². The molecule has 114 valence electrons. The molecule has 1 saturated heterocycles. The third-order valence-corrected chi connectivity index (χ3v) is 5.86. The number of hydrogen-bond acceptors (Lipinski definition) is 3. The Morgan fingerprint density at radius 2 is 2.00 bits per heavy atom. The van der Waals surface area contributed by atoms with Crippen LogP contribution in [0.25, 0.3) is 0 Å². The van der Waals surface area contributed by atoms with E-state index >= 15 is 0 Å². The standard InChI is InChI=1S/C13H29N3O2S/c1-5-10-16(11-13-8-6-7-9-14-13)19(17,18)15(4)12(2)3/h12-14H,5-11H2,1-4H3. The van der Waals surface area contributed by atoms with E-state index in [0.717, 1.165) is 19.4 Å². The molecule has 1 N–H and O–H groups in total. The van der Waals surface area contributed by atoms with E-state index in [1.165, 1.54) is 17.1 Å². The molecule has 1 aliphatic rings. The predicted octanol–water partition coefficient (Wildman–Crippen LogP) is 1.43. The second-order valence-corrected chi connectivity index (χ2v) is 7.61. The summed E-state index contributed by atoms with van der Waals surface area (Å²) in [7, 11) is -1.67. The van der Waals surface area contributed by atoms with Crippen LogP contribution in [0.5, 0.6) is 0 Å². The van der Waals surface area contributed by atoms with Gasteiger partial charge in [-0.1, -0.05) is 13.3 Å². The zero-order chi connectivity index (χ0) is 14.5. The van der Waals surface area contributed by atoms with E-state index in [9.17, 15) is 8.42 Å². The van der Waals surface area contributed by atoms with Crippen molar-refractivity contribution < 1.29 is 8.42 Å². The first kappa shape index (κ1) is 16.9. The molecule has 0 radical (unpaired) electrons. The third-order valence-electron chi connectivity index (χ3n) is 3.73. The van der Waals surface area contributed by atoms with E-state index in [4.69, 9.17) is 0 Å². The molecule has 1 rings (SSSR count). The lowest BCUT2D eigenvalue weighted by atomic mass is 10.1. The molecule has 1 fully saturated rings. The van der Waals surface area contributed by atoms with Crippen LogP contribution in [0.15, 0.2) is 0 Å². The molecular weight excluding hydrogens is 262 g/mol. The Balaban J connectivity index is 2.74. The zero-order valence-electron chi connectivity index (χ0n) is 12.7. The van der Waals surface area contributed by atoms with Crippen molar-refractivity contribution in [2.75, 3.05) is 26.7 Å². The Hall–Kier alpha value is -0.170. The molecule has 0 aromatic carbocycles. The fraction of sp³-hybridized carbons (Fsp3) is 1.00. The molecule has 6 heteroatoms. The van der Waals surface area contributed by atoms with Crippen molar-refractivity contribution in [2.45, 2.75) is 58.5 Å². The number of nitrogens with one attached hydrogen (secondary N) is 1. The molecule has 1 heterocycles. The number of rotatable bonds is 7. The average molecular weight is 291 g/mol. The van der Waals surface area contributed by atoms with Crippen LogP contribution < -0.4 is 5.32 Å². The van der Waals surface area contributed by atoms with Gasteiger partial charge in [-0.25, -0.2) is 0 Å². The first-order valence-electron chi connectivity index (χ1n) is 7.36. The number of hydrogen-bond donors (Lipinski definition) is 1. The Morgan fingerprint density at radius 1 is 1.32 bits per heavy atom. The van der Waals surface area contributed by atoms with Crippen LogP contribution in [0.2, 0.25) is 0 Å². The smallest absolute Gasteiger partial charge is 0.282 e. The lowest BCUT2D eigenvalue weighted by Crippen LogP contribution is -2.51. The molecule has 19 heavy (non-hydrogen) atoms. The molecule has 0 aliphatic carbocycles. The van der Waals surface area contributed by atoms with E-state index < -0.39 is 10.2 Å². The van der Waals surface area contributed by atoms with Gasteiger partial charge >= 0.3 is 0 Å². The van der Waals surface area contributed by atoms with Gasteiger partial charge in [-0.2, -0.15) is 17.0 Å². The van der Waals surface area contributed by atoms with Crippen molar-refractivity contribution in [1.82, 2.24) is 13.9 Å². The van der Waals surface area contributed by atoms with E-state index in [2.05, 4.69) is 5.32 Å². The third kappa shape index (κ3) is 4.70. The minimum atomic E-state index is -3.34. The summed E-state index contributed by atoms with van der Waals surface area (Å²) in [5.74, 6) is 0. The fourth-order valence-corrected chi connectivity index (χ4v) is 4.00. The minimum Gasteiger partial charge on any atom is -0.313 e. The van der Waals surface area contributed by atoms with Crippen LogP contribution in [-0.2, 0) is 10.2 Å². The molecule has 0 aromatic rings. The largest absolute Gasteiger partial charge is 0.313 e. The van der Waals surface area contributed by atoms with Gasteiger partial charge in [0.05, 0.1) is 0 Å². The maximum atomic E-state index is 12.6. The van der Waals surface area contributed by atoms with Crippen LogP contribution in [0.3, 0.4) is 0 Å². The molecular formula is C13H29N3O2S. The van der Waals surface area contributed by atoms with E-state index in [1.54, 1.807) is 11.4 Å². The second-order valence-electron chi connectivity index (χ2n) is 5.62. The van der Waals surface area contributed by atoms with Crippen LogP contribution in [-0.4, -0.2) is 55.8 Å². The molecule has 1 aliphatic heterocycles. The highest BCUT2D eigenvalue weighted by Crippen LogP contribution is 2.15. The first-order valence-corrected chi connectivity index (χ1v) is 8.75. The molecule has 1 atom stereocenters. The monoisotopic (exact) mass is 291 g/mol. The summed E-state index contributed by atoms with van der Waals surface area (Å²) in [5.41, 5.74) is 0. The van der Waals surface area contributed by atoms with Gasteiger partial charge in [0.25, 0.3) is 10.2 Å².